The highest BCUT2D eigenvalue weighted by molar-refractivity contribution is 6.35. The van der Waals surface area contributed by atoms with E-state index in [-0.39, 0.29) is 5.91 Å². The Balaban J connectivity index is 2.44. The molecule has 0 aliphatic carbocycles. The van der Waals surface area contributed by atoms with Crippen molar-refractivity contribution < 1.29 is 4.79 Å². The first-order chi connectivity index (χ1) is 11.0. The van der Waals surface area contributed by atoms with Crippen molar-refractivity contribution in [1.29, 1.82) is 0 Å². The van der Waals surface area contributed by atoms with Gasteiger partial charge < -0.3 is 21.3 Å². The Kier molecular flexibility index (Phi) is 5.23. The molecular formula is C15H19ClN6O. The summed E-state index contributed by atoms with van der Waals surface area (Å²) in [4.78, 5) is 20.3. The van der Waals surface area contributed by atoms with Crippen LogP contribution in [-0.2, 0) is 0 Å². The molecular weight excluding hydrogens is 316 g/mol. The van der Waals surface area contributed by atoms with E-state index in [1.54, 1.807) is 33.3 Å². The number of rotatable bonds is 5. The molecule has 1 amide bonds. The summed E-state index contributed by atoms with van der Waals surface area (Å²) in [7, 11) is 5.05. The van der Waals surface area contributed by atoms with E-state index in [2.05, 4.69) is 31.2 Å². The monoisotopic (exact) mass is 334 g/mol. The van der Waals surface area contributed by atoms with E-state index >= 15 is 0 Å². The second-order valence-electron chi connectivity index (χ2n) is 4.79. The van der Waals surface area contributed by atoms with Gasteiger partial charge in [-0.25, -0.2) is 0 Å². The van der Waals surface area contributed by atoms with E-state index in [1.807, 2.05) is 13.0 Å². The summed E-state index contributed by atoms with van der Waals surface area (Å²) in [6.07, 6.45) is 0. The largest absolute Gasteiger partial charge is 0.372 e. The van der Waals surface area contributed by atoms with Gasteiger partial charge in [-0.2, -0.15) is 9.97 Å². The average Bonchev–Trinajstić information content (AvgIpc) is 2.57. The molecule has 122 valence electrons. The molecule has 0 aliphatic heterocycles. The lowest BCUT2D eigenvalue weighted by atomic mass is 10.1. The number of amides is 1. The lowest BCUT2D eigenvalue weighted by Gasteiger charge is -2.14. The van der Waals surface area contributed by atoms with Crippen molar-refractivity contribution in [1.82, 2.24) is 15.3 Å². The number of nitrogens with zero attached hydrogens (tertiary/aromatic N) is 2. The van der Waals surface area contributed by atoms with Gasteiger partial charge in [0.2, 0.25) is 5.95 Å². The molecule has 0 spiro atoms. The molecule has 0 atom stereocenters. The molecule has 1 heterocycles. The maximum absolute atomic E-state index is 11.8. The summed E-state index contributed by atoms with van der Waals surface area (Å²) in [5.41, 5.74) is 2.26. The molecule has 2 aromatic rings. The second-order valence-corrected chi connectivity index (χ2v) is 5.17. The first-order valence-electron chi connectivity index (χ1n) is 7.03. The summed E-state index contributed by atoms with van der Waals surface area (Å²) in [5.74, 6) is 1.23. The van der Waals surface area contributed by atoms with Crippen LogP contribution in [0.25, 0.3) is 0 Å². The van der Waals surface area contributed by atoms with E-state index in [0.717, 1.165) is 11.3 Å². The number of hydrogen-bond acceptors (Lipinski definition) is 6. The fourth-order valence-electron chi connectivity index (χ4n) is 1.98. The standard InChI is InChI=1S/C15H19ClN6O/c1-8-5-6-9(14(23)18-3)7-10(8)20-13-11(16)12(17-2)21-15(19-4)22-13/h5-7H,1-4H3,(H,18,23)(H3,17,19,20,21,22). The molecule has 0 fully saturated rings. The van der Waals surface area contributed by atoms with Crippen molar-refractivity contribution in [2.45, 2.75) is 6.92 Å². The maximum atomic E-state index is 11.8. The summed E-state index contributed by atoms with van der Waals surface area (Å²) < 4.78 is 0. The zero-order valence-electron chi connectivity index (χ0n) is 13.4. The first kappa shape index (κ1) is 16.8. The number of benzene rings is 1. The second kappa shape index (κ2) is 7.15. The molecule has 0 unspecified atom stereocenters. The van der Waals surface area contributed by atoms with Gasteiger partial charge in [0.25, 0.3) is 5.91 Å². The number of halogens is 1. The Morgan fingerprint density at radius 1 is 1.09 bits per heavy atom. The summed E-state index contributed by atoms with van der Waals surface area (Å²) >= 11 is 6.31. The van der Waals surface area contributed by atoms with Gasteiger partial charge in [-0.05, 0) is 24.6 Å². The van der Waals surface area contributed by atoms with Crippen LogP contribution in [0, 0.1) is 6.92 Å². The normalized spacial score (nSPS) is 10.1. The van der Waals surface area contributed by atoms with Crippen LogP contribution < -0.4 is 21.3 Å². The quantitative estimate of drug-likeness (QED) is 0.672. The van der Waals surface area contributed by atoms with Gasteiger partial charge in [-0.1, -0.05) is 17.7 Å². The van der Waals surface area contributed by atoms with Crippen LogP contribution in [0.3, 0.4) is 0 Å². The van der Waals surface area contributed by atoms with Crippen LogP contribution >= 0.6 is 11.6 Å². The molecule has 8 heteroatoms. The number of hydrogen-bond donors (Lipinski definition) is 4. The fourth-order valence-corrected chi connectivity index (χ4v) is 2.20. The summed E-state index contributed by atoms with van der Waals surface area (Å²) in [6, 6.07) is 5.38. The van der Waals surface area contributed by atoms with Crippen molar-refractivity contribution >= 4 is 40.8 Å². The van der Waals surface area contributed by atoms with Crippen LogP contribution in [0.5, 0.6) is 0 Å². The first-order valence-corrected chi connectivity index (χ1v) is 7.40. The van der Waals surface area contributed by atoms with Gasteiger partial charge in [0.05, 0.1) is 0 Å². The molecule has 1 aromatic carbocycles. The minimum Gasteiger partial charge on any atom is -0.372 e. The minimum absolute atomic E-state index is 0.159. The van der Waals surface area contributed by atoms with Crippen LogP contribution in [0.1, 0.15) is 15.9 Å². The van der Waals surface area contributed by atoms with Crippen molar-refractivity contribution in [3.05, 3.63) is 34.3 Å². The molecule has 0 saturated carbocycles. The number of aromatic nitrogens is 2. The molecule has 4 N–H and O–H groups in total. The average molecular weight is 335 g/mol. The number of carbonyl (C=O) groups excluding carboxylic acids is 1. The zero-order valence-corrected chi connectivity index (χ0v) is 14.2. The van der Waals surface area contributed by atoms with E-state index in [4.69, 9.17) is 11.6 Å². The summed E-state index contributed by atoms with van der Waals surface area (Å²) in [6.45, 7) is 1.93. The van der Waals surface area contributed by atoms with Crippen LogP contribution in [0.4, 0.5) is 23.3 Å². The lowest BCUT2D eigenvalue weighted by Crippen LogP contribution is -2.18. The number of carbonyl (C=O) groups is 1. The maximum Gasteiger partial charge on any atom is 0.251 e. The van der Waals surface area contributed by atoms with E-state index in [1.165, 1.54) is 0 Å². The number of anilines is 4. The van der Waals surface area contributed by atoms with Gasteiger partial charge in [0.1, 0.15) is 5.02 Å². The van der Waals surface area contributed by atoms with Crippen molar-refractivity contribution in [2.75, 3.05) is 37.1 Å². The predicted octanol–water partition coefficient (Wildman–Crippen LogP) is 2.63. The molecule has 1 aromatic heterocycles. The van der Waals surface area contributed by atoms with E-state index in [9.17, 15) is 4.79 Å². The number of nitrogens with one attached hydrogen (secondary N) is 4. The van der Waals surface area contributed by atoms with Crippen LogP contribution in [-0.4, -0.2) is 37.0 Å². The van der Waals surface area contributed by atoms with Gasteiger partial charge >= 0.3 is 0 Å². The van der Waals surface area contributed by atoms with Crippen molar-refractivity contribution in [2.24, 2.45) is 0 Å². The fraction of sp³-hybridized carbons (Fsp3) is 0.267. The highest BCUT2D eigenvalue weighted by atomic mass is 35.5. The van der Waals surface area contributed by atoms with Crippen LogP contribution in [0.15, 0.2) is 18.2 Å². The molecule has 0 aliphatic rings. The van der Waals surface area contributed by atoms with E-state index in [0.29, 0.717) is 28.2 Å². The zero-order chi connectivity index (χ0) is 17.0. The Hall–Kier alpha value is -2.54. The highest BCUT2D eigenvalue weighted by Gasteiger charge is 2.13. The Morgan fingerprint density at radius 3 is 2.39 bits per heavy atom. The lowest BCUT2D eigenvalue weighted by molar-refractivity contribution is 0.0963. The molecule has 2 rings (SSSR count). The predicted molar refractivity (Wildman–Crippen MR) is 94.0 cm³/mol. The molecule has 0 bridgehead atoms. The topological polar surface area (TPSA) is 91.0 Å². The highest BCUT2D eigenvalue weighted by Crippen LogP contribution is 2.31. The van der Waals surface area contributed by atoms with Crippen molar-refractivity contribution in [3.63, 3.8) is 0 Å². The Morgan fingerprint density at radius 2 is 1.78 bits per heavy atom. The minimum atomic E-state index is -0.159. The third kappa shape index (κ3) is 3.62. The smallest absolute Gasteiger partial charge is 0.251 e. The summed E-state index contributed by atoms with van der Waals surface area (Å²) in [5, 5.41) is 11.9. The molecule has 7 nitrogen and oxygen atoms in total. The Labute approximate surface area is 139 Å². The Bertz CT molecular complexity index is 734. The van der Waals surface area contributed by atoms with Gasteiger partial charge in [-0.3, -0.25) is 4.79 Å². The van der Waals surface area contributed by atoms with Crippen molar-refractivity contribution in [3.8, 4) is 0 Å². The SMILES string of the molecule is CNC(=O)c1ccc(C)c(Nc2nc(NC)nc(NC)c2Cl)c1. The third-order valence-corrected chi connectivity index (χ3v) is 3.65. The third-order valence-electron chi connectivity index (χ3n) is 3.29. The van der Waals surface area contributed by atoms with Gasteiger partial charge in [0, 0.05) is 32.4 Å². The van der Waals surface area contributed by atoms with Gasteiger partial charge in [0.15, 0.2) is 11.6 Å². The molecule has 0 saturated heterocycles. The number of aryl methyl sites for hydroxylation is 1. The van der Waals surface area contributed by atoms with Crippen LogP contribution in [0.2, 0.25) is 5.02 Å². The molecule has 23 heavy (non-hydrogen) atoms. The molecule has 0 radical (unpaired) electrons. The van der Waals surface area contributed by atoms with E-state index < -0.39 is 0 Å². The van der Waals surface area contributed by atoms with Gasteiger partial charge in [-0.15, -0.1) is 0 Å².